The monoisotopic (exact) mass is 403 g/mol. The number of hydrogen-bond donors (Lipinski definition) is 4. The predicted octanol–water partition coefficient (Wildman–Crippen LogP) is 2.61. The highest BCUT2D eigenvalue weighted by Crippen LogP contribution is 2.48. The number of carbonyl (C=O) groups is 1. The smallest absolute Gasteiger partial charge is 0.414 e. The molecule has 0 bridgehead atoms. The van der Waals surface area contributed by atoms with Gasteiger partial charge in [-0.05, 0) is 48.7 Å². The molecule has 0 aliphatic carbocycles. The zero-order chi connectivity index (χ0) is 18.9. The normalized spacial score (nSPS) is 24.2. The Balaban J connectivity index is 1.68. The maximum absolute atomic E-state index is 14.6. The Hall–Kier alpha value is -1.62. The Kier molecular flexibility index (Phi) is 5.56. The van der Waals surface area contributed by atoms with Crippen LogP contribution in [0.5, 0.6) is 0 Å². The molecule has 2 aliphatic rings. The van der Waals surface area contributed by atoms with Crippen molar-refractivity contribution in [3.63, 3.8) is 0 Å². The van der Waals surface area contributed by atoms with Crippen molar-refractivity contribution in [3.05, 3.63) is 29.6 Å². The number of halogens is 1. The highest BCUT2D eigenvalue weighted by molar-refractivity contribution is 8.24. The summed E-state index contributed by atoms with van der Waals surface area (Å²) in [6, 6.07) is 4.68. The lowest BCUT2D eigenvalue weighted by molar-refractivity contribution is 0.143. The first-order chi connectivity index (χ1) is 12.2. The van der Waals surface area contributed by atoms with E-state index in [1.165, 1.54) is 11.0 Å². The predicted molar refractivity (Wildman–Crippen MR) is 103 cm³/mol. The Morgan fingerprint density at radius 2 is 2.12 bits per heavy atom. The maximum atomic E-state index is 14.6. The largest absolute Gasteiger partial charge is 0.442 e. The van der Waals surface area contributed by atoms with Gasteiger partial charge in [0.25, 0.3) is 0 Å². The summed E-state index contributed by atoms with van der Waals surface area (Å²) in [5.41, 5.74) is 6.33. The molecule has 1 aromatic carbocycles. The van der Waals surface area contributed by atoms with E-state index >= 15 is 0 Å². The molecule has 2 aliphatic heterocycles. The van der Waals surface area contributed by atoms with Crippen LogP contribution in [0.2, 0.25) is 0 Å². The van der Waals surface area contributed by atoms with Gasteiger partial charge in [0.15, 0.2) is 5.11 Å². The van der Waals surface area contributed by atoms with Gasteiger partial charge in [0.2, 0.25) is 0 Å². The molecule has 10 heteroatoms. The van der Waals surface area contributed by atoms with E-state index in [-0.39, 0.29) is 17.6 Å². The molecule has 144 valence electrons. The Morgan fingerprint density at radius 1 is 1.42 bits per heavy atom. The van der Waals surface area contributed by atoms with Crippen molar-refractivity contribution in [2.24, 2.45) is 5.73 Å². The number of cyclic esters (lactones) is 1. The molecule has 5 N–H and O–H groups in total. The van der Waals surface area contributed by atoms with Crippen molar-refractivity contribution in [1.82, 2.24) is 5.32 Å². The number of rotatable bonds is 4. The summed E-state index contributed by atoms with van der Waals surface area (Å²) in [5, 5.41) is 2.87. The minimum absolute atomic E-state index is 0.0444. The number of nitrogens with zero attached hydrogens (tertiary/aromatic N) is 1. The summed E-state index contributed by atoms with van der Waals surface area (Å²) in [6.07, 6.45) is 0.113. The van der Waals surface area contributed by atoms with Crippen molar-refractivity contribution < 1.29 is 23.0 Å². The zero-order valence-corrected chi connectivity index (χ0v) is 15.7. The number of nitrogens with two attached hydrogens (primary N) is 1. The van der Waals surface area contributed by atoms with Crippen LogP contribution >= 0.6 is 22.8 Å². The third-order valence-corrected chi connectivity index (χ3v) is 6.62. The molecule has 1 aromatic rings. The number of anilines is 1. The van der Waals surface area contributed by atoms with E-state index in [9.17, 15) is 18.3 Å². The summed E-state index contributed by atoms with van der Waals surface area (Å²) in [6.45, 7) is 0.574. The van der Waals surface area contributed by atoms with Crippen molar-refractivity contribution in [3.8, 4) is 0 Å². The van der Waals surface area contributed by atoms with Crippen molar-refractivity contribution in [1.29, 1.82) is 0 Å². The highest BCUT2D eigenvalue weighted by atomic mass is 32.3. The minimum Gasteiger partial charge on any atom is -0.442 e. The van der Waals surface area contributed by atoms with E-state index in [4.69, 9.17) is 22.7 Å². The van der Waals surface area contributed by atoms with Crippen LogP contribution in [0.3, 0.4) is 0 Å². The summed E-state index contributed by atoms with van der Waals surface area (Å²) >= 11 is 4.72. The highest BCUT2D eigenvalue weighted by Gasteiger charge is 2.33. The Labute approximate surface area is 158 Å². The van der Waals surface area contributed by atoms with Gasteiger partial charge in [-0.25, -0.2) is 9.18 Å². The van der Waals surface area contributed by atoms with Crippen LogP contribution in [-0.4, -0.2) is 51.0 Å². The molecule has 0 aromatic heterocycles. The van der Waals surface area contributed by atoms with E-state index in [0.717, 1.165) is 0 Å². The fourth-order valence-electron chi connectivity index (χ4n) is 3.29. The molecule has 2 heterocycles. The van der Waals surface area contributed by atoms with Gasteiger partial charge in [0.1, 0.15) is 11.9 Å². The van der Waals surface area contributed by atoms with E-state index in [0.29, 0.717) is 42.1 Å². The Morgan fingerprint density at radius 3 is 2.73 bits per heavy atom. The number of benzene rings is 1. The first-order valence-corrected chi connectivity index (χ1v) is 10.6. The molecule has 7 nitrogen and oxygen atoms in total. The number of hydrogen-bond acceptors (Lipinski definition) is 5. The molecule has 0 spiro atoms. The molecule has 1 unspecified atom stereocenters. The maximum Gasteiger partial charge on any atom is 0.414 e. The second-order valence-corrected chi connectivity index (χ2v) is 9.41. The van der Waals surface area contributed by atoms with E-state index in [1.54, 1.807) is 12.1 Å². The number of carbonyl (C=O) groups excluding carboxylic acids is 1. The molecule has 0 saturated carbocycles. The first kappa shape index (κ1) is 19.2. The van der Waals surface area contributed by atoms with Crippen LogP contribution in [0.4, 0.5) is 14.9 Å². The van der Waals surface area contributed by atoms with Crippen LogP contribution in [0.1, 0.15) is 24.3 Å². The van der Waals surface area contributed by atoms with E-state index < -0.39 is 28.6 Å². The second kappa shape index (κ2) is 7.55. The third kappa shape index (κ3) is 4.37. The standard InChI is InChI=1S/C16H22FN3O4S2/c17-14-7-11(20-9-12(24-16(20)21)8-19-15(18)25)1-2-13(14)10-3-5-26(22,23)6-4-10/h1-2,7,10,12,22-23H,3-6,8-9H2,(H3,18,19,25). The molecule has 1 atom stereocenters. The van der Waals surface area contributed by atoms with Crippen LogP contribution < -0.4 is 16.0 Å². The molecular weight excluding hydrogens is 381 g/mol. The lowest BCUT2D eigenvalue weighted by Gasteiger charge is -2.39. The van der Waals surface area contributed by atoms with E-state index in [1.807, 2.05) is 0 Å². The third-order valence-electron chi connectivity index (χ3n) is 4.70. The molecule has 26 heavy (non-hydrogen) atoms. The number of thiocarbonyl (C=S) groups is 1. The SMILES string of the molecule is NC(=S)NCC1CN(c2ccc(C3CCS(O)(O)CC3)c(F)c2)C(=O)O1. The summed E-state index contributed by atoms with van der Waals surface area (Å²) < 4.78 is 39.2. The van der Waals surface area contributed by atoms with Gasteiger partial charge in [-0.15, -0.1) is 0 Å². The van der Waals surface area contributed by atoms with Crippen molar-refractivity contribution >= 4 is 39.7 Å². The fraction of sp³-hybridized carbons (Fsp3) is 0.500. The molecule has 2 fully saturated rings. The van der Waals surface area contributed by atoms with E-state index in [2.05, 4.69) is 5.32 Å². The van der Waals surface area contributed by atoms with Crippen LogP contribution in [0.25, 0.3) is 0 Å². The van der Waals surface area contributed by atoms with Crippen molar-refractivity contribution in [2.45, 2.75) is 24.9 Å². The van der Waals surface area contributed by atoms with Gasteiger partial charge < -0.3 is 15.8 Å². The molecular formula is C16H22FN3O4S2. The quantitative estimate of drug-likeness (QED) is 0.572. The lowest BCUT2D eigenvalue weighted by atomic mass is 9.93. The molecule has 0 radical (unpaired) electrons. The van der Waals surface area contributed by atoms with Gasteiger partial charge in [-0.3, -0.25) is 14.0 Å². The summed E-state index contributed by atoms with van der Waals surface area (Å²) in [5.74, 6) is 0.157. The Bertz CT molecular complexity index is 709. The summed E-state index contributed by atoms with van der Waals surface area (Å²) in [7, 11) is -2.50. The minimum atomic E-state index is -2.50. The lowest BCUT2D eigenvalue weighted by Crippen LogP contribution is -2.37. The first-order valence-electron chi connectivity index (χ1n) is 8.29. The average Bonchev–Trinajstić information content (AvgIpc) is 2.94. The van der Waals surface area contributed by atoms with Crippen molar-refractivity contribution in [2.75, 3.05) is 29.5 Å². The zero-order valence-electron chi connectivity index (χ0n) is 14.1. The number of ether oxygens (including phenoxy) is 1. The molecule has 3 rings (SSSR count). The summed E-state index contributed by atoms with van der Waals surface area (Å²) in [4.78, 5) is 13.4. The second-order valence-electron chi connectivity index (χ2n) is 6.55. The van der Waals surface area contributed by atoms with Gasteiger partial charge >= 0.3 is 6.09 Å². The molecule has 1 amide bonds. The van der Waals surface area contributed by atoms with Crippen LogP contribution in [0.15, 0.2) is 18.2 Å². The van der Waals surface area contributed by atoms with Crippen LogP contribution in [-0.2, 0) is 4.74 Å². The average molecular weight is 404 g/mol. The van der Waals surface area contributed by atoms with Crippen LogP contribution in [0, 0.1) is 5.82 Å². The van der Waals surface area contributed by atoms with Gasteiger partial charge in [0.05, 0.1) is 18.8 Å². The van der Waals surface area contributed by atoms with Gasteiger partial charge in [0, 0.05) is 11.5 Å². The fourth-order valence-corrected chi connectivity index (χ4v) is 4.90. The van der Waals surface area contributed by atoms with Gasteiger partial charge in [-0.1, -0.05) is 6.07 Å². The number of nitrogens with one attached hydrogen (secondary N) is 1. The van der Waals surface area contributed by atoms with Gasteiger partial charge in [-0.2, -0.15) is 10.6 Å². The topological polar surface area (TPSA) is 108 Å². The number of amides is 1. The molecule has 2 saturated heterocycles.